The zero-order valence-corrected chi connectivity index (χ0v) is 11.6. The van der Waals surface area contributed by atoms with E-state index in [4.69, 9.17) is 5.73 Å². The van der Waals surface area contributed by atoms with Gasteiger partial charge in [-0.25, -0.2) is 0 Å². The summed E-state index contributed by atoms with van der Waals surface area (Å²) in [7, 11) is 0. The van der Waals surface area contributed by atoms with Crippen LogP contribution in [-0.2, 0) is 11.3 Å². The molecular weight excluding hydrogens is 242 g/mol. The molecule has 5 heteroatoms. The molecule has 4 N–H and O–H groups in total. The lowest BCUT2D eigenvalue weighted by molar-refractivity contribution is -0.125. The summed E-state index contributed by atoms with van der Waals surface area (Å²) < 4.78 is 0. The van der Waals surface area contributed by atoms with E-state index in [1.165, 1.54) is 0 Å². The van der Waals surface area contributed by atoms with Crippen molar-refractivity contribution in [2.75, 3.05) is 6.54 Å². The van der Waals surface area contributed by atoms with Gasteiger partial charge in [-0.3, -0.25) is 9.59 Å². The van der Waals surface area contributed by atoms with E-state index >= 15 is 0 Å². The van der Waals surface area contributed by atoms with Gasteiger partial charge in [0.1, 0.15) is 0 Å². The van der Waals surface area contributed by atoms with Gasteiger partial charge in [0, 0.05) is 18.7 Å². The van der Waals surface area contributed by atoms with Gasteiger partial charge >= 0.3 is 0 Å². The second-order valence-electron chi connectivity index (χ2n) is 4.96. The molecule has 0 aliphatic carbocycles. The Bertz CT molecular complexity index is 447. The number of hydrogen-bond acceptors (Lipinski definition) is 3. The molecule has 104 valence electrons. The fourth-order valence-corrected chi connectivity index (χ4v) is 1.45. The summed E-state index contributed by atoms with van der Waals surface area (Å²) in [6, 6.07) is 7.10. The van der Waals surface area contributed by atoms with E-state index in [0.29, 0.717) is 18.7 Å². The fourth-order valence-electron chi connectivity index (χ4n) is 1.45. The number of nitrogens with two attached hydrogens (primary N) is 1. The van der Waals surface area contributed by atoms with Crippen LogP contribution in [0.1, 0.15) is 36.7 Å². The molecule has 0 unspecified atom stereocenters. The van der Waals surface area contributed by atoms with Crippen LogP contribution in [0.25, 0.3) is 0 Å². The molecule has 1 aromatic carbocycles. The lowest BCUT2D eigenvalue weighted by Gasteiger charge is -2.17. The Balaban J connectivity index is 2.58. The third kappa shape index (κ3) is 4.71. The van der Waals surface area contributed by atoms with Crippen LogP contribution in [0.2, 0.25) is 0 Å². The second-order valence-corrected chi connectivity index (χ2v) is 4.96. The number of hydrogen-bond donors (Lipinski definition) is 3. The van der Waals surface area contributed by atoms with E-state index in [1.54, 1.807) is 26.0 Å². The molecule has 1 aromatic rings. The van der Waals surface area contributed by atoms with Gasteiger partial charge in [0.25, 0.3) is 5.91 Å². The zero-order valence-electron chi connectivity index (χ0n) is 11.6. The first kappa shape index (κ1) is 15.2. The Morgan fingerprint density at radius 3 is 2.21 bits per heavy atom. The van der Waals surface area contributed by atoms with Crippen molar-refractivity contribution in [1.82, 2.24) is 10.6 Å². The third-order valence-corrected chi connectivity index (χ3v) is 2.59. The summed E-state index contributed by atoms with van der Waals surface area (Å²) >= 11 is 0. The lowest BCUT2D eigenvalue weighted by atomic mass is 10.1. The van der Waals surface area contributed by atoms with Crippen molar-refractivity contribution >= 4 is 11.8 Å². The summed E-state index contributed by atoms with van der Waals surface area (Å²) in [5, 5.41) is 5.47. The van der Waals surface area contributed by atoms with E-state index in [-0.39, 0.29) is 11.8 Å². The van der Waals surface area contributed by atoms with Crippen molar-refractivity contribution in [2.24, 2.45) is 5.73 Å². The molecular formula is C14H21N3O2. The fraction of sp³-hybridized carbons (Fsp3) is 0.429. The van der Waals surface area contributed by atoms with Gasteiger partial charge in [0.15, 0.2) is 0 Å². The van der Waals surface area contributed by atoms with Gasteiger partial charge in [0.05, 0.1) is 5.54 Å². The van der Waals surface area contributed by atoms with Gasteiger partial charge in [-0.1, -0.05) is 12.1 Å². The van der Waals surface area contributed by atoms with Crippen molar-refractivity contribution in [3.05, 3.63) is 35.4 Å². The van der Waals surface area contributed by atoms with Gasteiger partial charge in [-0.15, -0.1) is 0 Å². The Hall–Kier alpha value is -1.88. The first-order valence-corrected chi connectivity index (χ1v) is 6.29. The van der Waals surface area contributed by atoms with Gasteiger partial charge in [0.2, 0.25) is 5.91 Å². The lowest BCUT2D eigenvalue weighted by Crippen LogP contribution is -2.48. The van der Waals surface area contributed by atoms with E-state index in [9.17, 15) is 9.59 Å². The molecule has 5 nitrogen and oxygen atoms in total. The summed E-state index contributed by atoms with van der Waals surface area (Å²) in [5.74, 6) is -0.304. The SMILES string of the molecule is CCNC(=O)c1ccc(CNC(=O)C(C)(C)N)cc1. The molecule has 0 spiro atoms. The quantitative estimate of drug-likeness (QED) is 0.734. The average Bonchev–Trinajstić information content (AvgIpc) is 2.35. The standard InChI is InChI=1S/C14H21N3O2/c1-4-16-12(18)11-7-5-10(6-8-11)9-17-13(19)14(2,3)15/h5-8H,4,9,15H2,1-3H3,(H,16,18)(H,17,19). The van der Waals surface area contributed by atoms with Crippen molar-refractivity contribution < 1.29 is 9.59 Å². The molecule has 0 aromatic heterocycles. The highest BCUT2D eigenvalue weighted by Crippen LogP contribution is 2.05. The molecule has 19 heavy (non-hydrogen) atoms. The largest absolute Gasteiger partial charge is 0.352 e. The maximum atomic E-state index is 11.6. The molecule has 0 aliphatic heterocycles. The minimum absolute atomic E-state index is 0.0961. The van der Waals surface area contributed by atoms with Crippen molar-refractivity contribution in [2.45, 2.75) is 32.9 Å². The van der Waals surface area contributed by atoms with Crippen LogP contribution in [0, 0.1) is 0 Å². The number of carbonyl (C=O) groups is 2. The van der Waals surface area contributed by atoms with Crippen LogP contribution < -0.4 is 16.4 Å². The van der Waals surface area contributed by atoms with Gasteiger partial charge in [-0.2, -0.15) is 0 Å². The van der Waals surface area contributed by atoms with Crippen LogP contribution in [0.3, 0.4) is 0 Å². The van der Waals surface area contributed by atoms with Crippen LogP contribution >= 0.6 is 0 Å². The number of rotatable bonds is 5. The van der Waals surface area contributed by atoms with Crippen LogP contribution in [0.4, 0.5) is 0 Å². The molecule has 0 heterocycles. The second kappa shape index (κ2) is 6.33. The number of amides is 2. The highest BCUT2D eigenvalue weighted by Gasteiger charge is 2.20. The molecule has 0 saturated carbocycles. The zero-order chi connectivity index (χ0) is 14.5. The normalized spacial score (nSPS) is 10.9. The maximum absolute atomic E-state index is 11.6. The van der Waals surface area contributed by atoms with Crippen molar-refractivity contribution in [3.63, 3.8) is 0 Å². The van der Waals surface area contributed by atoms with Gasteiger partial charge in [-0.05, 0) is 38.5 Å². The predicted molar refractivity (Wildman–Crippen MR) is 74.6 cm³/mol. The van der Waals surface area contributed by atoms with E-state index in [0.717, 1.165) is 5.56 Å². The molecule has 2 amide bonds. The van der Waals surface area contributed by atoms with Crippen molar-refractivity contribution in [1.29, 1.82) is 0 Å². The van der Waals surface area contributed by atoms with Gasteiger partial charge < -0.3 is 16.4 Å². The van der Waals surface area contributed by atoms with E-state index in [1.807, 2.05) is 19.1 Å². The number of carbonyl (C=O) groups excluding carboxylic acids is 2. The monoisotopic (exact) mass is 263 g/mol. The highest BCUT2D eigenvalue weighted by molar-refractivity contribution is 5.94. The maximum Gasteiger partial charge on any atom is 0.251 e. The molecule has 0 fully saturated rings. The van der Waals surface area contributed by atoms with Crippen LogP contribution in [0.5, 0.6) is 0 Å². The number of nitrogens with one attached hydrogen (secondary N) is 2. The minimum Gasteiger partial charge on any atom is -0.352 e. The average molecular weight is 263 g/mol. The van der Waals surface area contributed by atoms with E-state index < -0.39 is 5.54 Å². The van der Waals surface area contributed by atoms with Crippen LogP contribution in [0.15, 0.2) is 24.3 Å². The third-order valence-electron chi connectivity index (χ3n) is 2.59. The van der Waals surface area contributed by atoms with Crippen LogP contribution in [-0.4, -0.2) is 23.9 Å². The molecule has 0 aliphatic rings. The molecule has 0 atom stereocenters. The Morgan fingerprint density at radius 2 is 1.74 bits per heavy atom. The Morgan fingerprint density at radius 1 is 1.16 bits per heavy atom. The van der Waals surface area contributed by atoms with E-state index in [2.05, 4.69) is 10.6 Å². The highest BCUT2D eigenvalue weighted by atomic mass is 16.2. The topological polar surface area (TPSA) is 84.2 Å². The molecule has 1 rings (SSSR count). The Labute approximate surface area is 113 Å². The predicted octanol–water partition coefficient (Wildman–Crippen LogP) is 0.790. The summed E-state index contributed by atoms with van der Waals surface area (Å²) in [4.78, 5) is 23.2. The Kier molecular flexibility index (Phi) is 5.06. The summed E-state index contributed by atoms with van der Waals surface area (Å²) in [5.41, 5.74) is 6.32. The summed E-state index contributed by atoms with van der Waals surface area (Å²) in [6.07, 6.45) is 0. The smallest absolute Gasteiger partial charge is 0.251 e. The molecule has 0 bridgehead atoms. The molecule has 0 radical (unpaired) electrons. The summed E-state index contributed by atoms with van der Waals surface area (Å²) in [6.45, 7) is 6.18. The first-order valence-electron chi connectivity index (χ1n) is 6.29. The van der Waals surface area contributed by atoms with Crippen molar-refractivity contribution in [3.8, 4) is 0 Å². The minimum atomic E-state index is -0.888. The number of benzene rings is 1. The first-order chi connectivity index (χ1) is 8.84. The molecule has 0 saturated heterocycles.